The first-order valence-electron chi connectivity index (χ1n) is 6.69. The average Bonchev–Trinajstić information content (AvgIpc) is 2.35. The maximum absolute atomic E-state index is 6.36. The lowest BCUT2D eigenvalue weighted by Crippen LogP contribution is -2.48. The molecule has 0 atom stereocenters. The fourth-order valence-corrected chi connectivity index (χ4v) is 3.13. The molecule has 92 valence electrons. The van der Waals surface area contributed by atoms with Gasteiger partial charge >= 0.3 is 0 Å². The van der Waals surface area contributed by atoms with Crippen LogP contribution in [0.15, 0.2) is 12.1 Å². The van der Waals surface area contributed by atoms with E-state index in [-0.39, 0.29) is 5.60 Å². The Bertz CT molecular complexity index is 433. The molecule has 17 heavy (non-hydrogen) atoms. The molecule has 0 amide bonds. The summed E-state index contributed by atoms with van der Waals surface area (Å²) in [6, 6.07) is 4.36. The smallest absolute Gasteiger partial charge is 0.123 e. The first kappa shape index (κ1) is 11.1. The Balaban J connectivity index is 1.93. The highest BCUT2D eigenvalue weighted by molar-refractivity contribution is 5.45. The number of nitrogens with one attached hydrogen (secondary N) is 1. The van der Waals surface area contributed by atoms with Gasteiger partial charge in [0.1, 0.15) is 11.4 Å². The lowest BCUT2D eigenvalue weighted by molar-refractivity contribution is 0.0168. The van der Waals surface area contributed by atoms with Gasteiger partial charge < -0.3 is 10.1 Å². The van der Waals surface area contributed by atoms with Crippen molar-refractivity contribution < 1.29 is 4.74 Å². The molecule has 0 radical (unpaired) electrons. The number of aryl methyl sites for hydroxylation is 1. The van der Waals surface area contributed by atoms with Crippen molar-refractivity contribution >= 4 is 0 Å². The lowest BCUT2D eigenvalue weighted by atomic mass is 9.82. The van der Waals surface area contributed by atoms with Gasteiger partial charge in [-0.3, -0.25) is 0 Å². The van der Waals surface area contributed by atoms with Crippen molar-refractivity contribution in [2.75, 3.05) is 13.1 Å². The minimum atomic E-state index is 0.125. The van der Waals surface area contributed by atoms with E-state index in [1.165, 1.54) is 29.5 Å². The first-order chi connectivity index (χ1) is 8.20. The van der Waals surface area contributed by atoms with Gasteiger partial charge in [-0.25, -0.2) is 0 Å². The Morgan fingerprint density at radius 1 is 1.12 bits per heavy atom. The highest BCUT2D eigenvalue weighted by Crippen LogP contribution is 2.39. The van der Waals surface area contributed by atoms with Crippen molar-refractivity contribution in [2.45, 2.75) is 45.1 Å². The molecule has 3 rings (SSSR count). The monoisotopic (exact) mass is 231 g/mol. The van der Waals surface area contributed by atoms with Gasteiger partial charge in [-0.1, -0.05) is 6.07 Å². The molecular weight excluding hydrogens is 210 g/mol. The molecule has 1 aromatic carbocycles. The van der Waals surface area contributed by atoms with Crippen molar-refractivity contribution in [3.63, 3.8) is 0 Å². The fraction of sp³-hybridized carbons (Fsp3) is 0.600. The summed E-state index contributed by atoms with van der Waals surface area (Å²) < 4.78 is 6.36. The van der Waals surface area contributed by atoms with Crippen LogP contribution in [0.5, 0.6) is 5.75 Å². The molecule has 2 heterocycles. The summed E-state index contributed by atoms with van der Waals surface area (Å²) in [5.41, 5.74) is 4.37. The van der Waals surface area contributed by atoms with E-state index < -0.39 is 0 Å². The SMILES string of the molecule is Cc1ccc2c(c1C)CCC1(CCNCC1)O2. The third-order valence-corrected chi connectivity index (χ3v) is 4.50. The number of ether oxygens (including phenoxy) is 1. The second kappa shape index (κ2) is 4.02. The number of hydrogen-bond donors (Lipinski definition) is 1. The second-order valence-electron chi connectivity index (χ2n) is 5.52. The molecule has 2 heteroatoms. The van der Waals surface area contributed by atoms with Crippen molar-refractivity contribution in [1.82, 2.24) is 5.32 Å². The zero-order valence-corrected chi connectivity index (χ0v) is 10.8. The highest BCUT2D eigenvalue weighted by Gasteiger charge is 2.37. The van der Waals surface area contributed by atoms with E-state index in [9.17, 15) is 0 Å². The molecule has 2 aliphatic rings. The fourth-order valence-electron chi connectivity index (χ4n) is 3.13. The Morgan fingerprint density at radius 3 is 2.65 bits per heavy atom. The van der Waals surface area contributed by atoms with Gasteiger partial charge in [0.25, 0.3) is 0 Å². The molecular formula is C15H21NO. The molecule has 0 saturated carbocycles. The van der Waals surface area contributed by atoms with E-state index in [0.29, 0.717) is 0 Å². The minimum Gasteiger partial charge on any atom is -0.487 e. The molecule has 2 nitrogen and oxygen atoms in total. The van der Waals surface area contributed by atoms with Crippen molar-refractivity contribution in [2.24, 2.45) is 0 Å². The minimum absolute atomic E-state index is 0.125. The largest absolute Gasteiger partial charge is 0.487 e. The van der Waals surface area contributed by atoms with Crippen LogP contribution in [-0.2, 0) is 6.42 Å². The van der Waals surface area contributed by atoms with E-state index >= 15 is 0 Å². The Hall–Kier alpha value is -1.02. The quantitative estimate of drug-likeness (QED) is 0.741. The van der Waals surface area contributed by atoms with E-state index in [4.69, 9.17) is 4.74 Å². The number of rotatable bonds is 0. The Kier molecular flexibility index (Phi) is 2.62. The zero-order chi connectivity index (χ0) is 11.9. The first-order valence-corrected chi connectivity index (χ1v) is 6.69. The number of hydrogen-bond acceptors (Lipinski definition) is 2. The lowest BCUT2D eigenvalue weighted by Gasteiger charge is -2.42. The molecule has 1 N–H and O–H groups in total. The molecule has 1 aromatic rings. The van der Waals surface area contributed by atoms with Crippen LogP contribution in [0, 0.1) is 13.8 Å². The molecule has 1 fully saturated rings. The number of piperidine rings is 1. The maximum atomic E-state index is 6.36. The predicted molar refractivity (Wildman–Crippen MR) is 69.7 cm³/mol. The molecule has 0 aromatic heterocycles. The molecule has 2 aliphatic heterocycles. The molecule has 1 saturated heterocycles. The summed E-state index contributed by atoms with van der Waals surface area (Å²) in [5, 5.41) is 3.42. The van der Waals surface area contributed by atoms with Crippen LogP contribution in [0.1, 0.15) is 36.0 Å². The third-order valence-electron chi connectivity index (χ3n) is 4.50. The third kappa shape index (κ3) is 1.85. The summed E-state index contributed by atoms with van der Waals surface area (Å²) in [5.74, 6) is 1.14. The van der Waals surface area contributed by atoms with Gasteiger partial charge in [-0.2, -0.15) is 0 Å². The van der Waals surface area contributed by atoms with Crippen LogP contribution < -0.4 is 10.1 Å². The van der Waals surface area contributed by atoms with Crippen LogP contribution >= 0.6 is 0 Å². The summed E-state index contributed by atoms with van der Waals surface area (Å²) in [6.45, 7) is 6.60. The Labute approximate surface area is 103 Å². The van der Waals surface area contributed by atoms with Gasteiger partial charge in [0.2, 0.25) is 0 Å². The Morgan fingerprint density at radius 2 is 1.88 bits per heavy atom. The summed E-state index contributed by atoms with van der Waals surface area (Å²) >= 11 is 0. The van der Waals surface area contributed by atoms with Gasteiger partial charge in [0, 0.05) is 0 Å². The van der Waals surface area contributed by atoms with Crippen molar-refractivity contribution in [1.29, 1.82) is 0 Å². The molecule has 0 unspecified atom stereocenters. The van der Waals surface area contributed by atoms with E-state index in [0.717, 1.165) is 31.7 Å². The standard InChI is InChI=1S/C15H21NO/c1-11-3-4-14-13(12(11)2)5-6-15(17-14)7-9-16-10-8-15/h3-4,16H,5-10H2,1-2H3. The molecule has 0 aliphatic carbocycles. The zero-order valence-electron chi connectivity index (χ0n) is 10.8. The predicted octanol–water partition coefficient (Wildman–Crippen LogP) is 2.75. The van der Waals surface area contributed by atoms with Crippen molar-refractivity contribution in [3.05, 3.63) is 28.8 Å². The van der Waals surface area contributed by atoms with Crippen LogP contribution in [0.25, 0.3) is 0 Å². The highest BCUT2D eigenvalue weighted by atomic mass is 16.5. The van der Waals surface area contributed by atoms with Crippen LogP contribution in [-0.4, -0.2) is 18.7 Å². The van der Waals surface area contributed by atoms with Crippen LogP contribution in [0.4, 0.5) is 0 Å². The average molecular weight is 231 g/mol. The summed E-state index contributed by atoms with van der Waals surface area (Å²) in [6.07, 6.45) is 4.67. The van der Waals surface area contributed by atoms with Crippen LogP contribution in [0.3, 0.4) is 0 Å². The maximum Gasteiger partial charge on any atom is 0.123 e. The van der Waals surface area contributed by atoms with Gasteiger partial charge in [0.15, 0.2) is 0 Å². The van der Waals surface area contributed by atoms with Gasteiger partial charge in [0.05, 0.1) is 0 Å². The van der Waals surface area contributed by atoms with Gasteiger partial charge in [-0.15, -0.1) is 0 Å². The topological polar surface area (TPSA) is 21.3 Å². The second-order valence-corrected chi connectivity index (χ2v) is 5.52. The van der Waals surface area contributed by atoms with E-state index in [2.05, 4.69) is 31.3 Å². The number of fused-ring (bicyclic) bond motifs is 1. The summed E-state index contributed by atoms with van der Waals surface area (Å²) in [7, 11) is 0. The van der Waals surface area contributed by atoms with E-state index in [1.807, 2.05) is 0 Å². The van der Waals surface area contributed by atoms with Crippen molar-refractivity contribution in [3.8, 4) is 5.75 Å². The molecule has 0 bridgehead atoms. The van der Waals surface area contributed by atoms with Crippen LogP contribution in [0.2, 0.25) is 0 Å². The summed E-state index contributed by atoms with van der Waals surface area (Å²) in [4.78, 5) is 0. The molecule has 1 spiro atoms. The van der Waals surface area contributed by atoms with E-state index in [1.54, 1.807) is 0 Å². The van der Waals surface area contributed by atoms with Gasteiger partial charge in [-0.05, 0) is 75.4 Å². The normalized spacial score (nSPS) is 22.0. The number of benzene rings is 1.